The summed E-state index contributed by atoms with van der Waals surface area (Å²) in [4.78, 5) is 52.7. The summed E-state index contributed by atoms with van der Waals surface area (Å²) in [6.07, 6.45) is -1.62. The summed E-state index contributed by atoms with van der Waals surface area (Å²) >= 11 is 0. The number of fused-ring (bicyclic) bond motifs is 1. The Morgan fingerprint density at radius 1 is 1.02 bits per heavy atom. The van der Waals surface area contributed by atoms with E-state index in [1.54, 1.807) is 39.0 Å². The van der Waals surface area contributed by atoms with Gasteiger partial charge in [-0.1, -0.05) is 48.5 Å². The molecule has 5 N–H and O–H groups in total. The van der Waals surface area contributed by atoms with E-state index in [1.807, 2.05) is 36.4 Å². The molecule has 11 nitrogen and oxygen atoms in total. The highest BCUT2D eigenvalue weighted by molar-refractivity contribution is 6.01. The summed E-state index contributed by atoms with van der Waals surface area (Å²) in [5.74, 6) is -2.90. The molecule has 2 atom stereocenters. The molecule has 0 saturated carbocycles. The monoisotopic (exact) mass is 545 g/mol. The number of carbonyl (C=O) groups excluding carboxylic acids is 4. The Morgan fingerprint density at radius 3 is 2.30 bits per heavy atom. The van der Waals surface area contributed by atoms with Gasteiger partial charge in [-0.2, -0.15) is 5.26 Å². The predicted molar refractivity (Wildman–Crippen MR) is 148 cm³/mol. The highest BCUT2D eigenvalue weighted by Crippen LogP contribution is 2.31. The number of primary amides is 1. The van der Waals surface area contributed by atoms with Crippen molar-refractivity contribution in [3.63, 3.8) is 0 Å². The van der Waals surface area contributed by atoms with Crippen molar-refractivity contribution in [3.05, 3.63) is 72.3 Å². The SMILES string of the molecule is CC(C)(C)OC(=O)NC(CC(N)=O)C(=O)N(CC#N)C(C(=O)Nc1ccc2ccccc2c1)c1ccccc1O. The molecule has 0 bridgehead atoms. The fourth-order valence-electron chi connectivity index (χ4n) is 4.07. The first kappa shape index (κ1) is 29.4. The number of rotatable bonds is 9. The third-order valence-electron chi connectivity index (χ3n) is 5.73. The van der Waals surface area contributed by atoms with E-state index in [4.69, 9.17) is 10.5 Å². The van der Waals surface area contributed by atoms with Crippen LogP contribution in [0.1, 0.15) is 38.8 Å². The van der Waals surface area contributed by atoms with Crippen LogP contribution in [0.15, 0.2) is 66.7 Å². The van der Waals surface area contributed by atoms with Crippen LogP contribution in [-0.2, 0) is 19.1 Å². The van der Waals surface area contributed by atoms with Crippen molar-refractivity contribution in [2.45, 2.75) is 44.9 Å². The highest BCUT2D eigenvalue weighted by atomic mass is 16.6. The Hall–Kier alpha value is -5.11. The standard InChI is InChI=1S/C29H31N5O6/c1-29(2,3)40-28(39)33-22(17-24(31)36)27(38)34(15-14-30)25(21-10-6-7-11-23(21)35)26(37)32-20-13-12-18-8-4-5-9-19(18)16-20/h4-13,16,22,25,35H,15,17H2,1-3H3,(H2,31,36)(H,32,37)(H,33,39). The largest absolute Gasteiger partial charge is 0.508 e. The summed E-state index contributed by atoms with van der Waals surface area (Å²) in [6, 6.07) is 17.4. The van der Waals surface area contributed by atoms with E-state index in [0.29, 0.717) is 5.69 Å². The molecule has 0 saturated heterocycles. The number of phenolic OH excluding ortho intramolecular Hbond substituents is 1. The normalized spacial score (nSPS) is 12.4. The number of nitrogens with zero attached hydrogens (tertiary/aromatic N) is 2. The fourth-order valence-corrected chi connectivity index (χ4v) is 4.07. The summed E-state index contributed by atoms with van der Waals surface area (Å²) < 4.78 is 5.21. The number of hydrogen-bond acceptors (Lipinski definition) is 7. The molecule has 0 aromatic heterocycles. The molecule has 3 aromatic carbocycles. The molecule has 0 aliphatic carbocycles. The first-order chi connectivity index (χ1) is 18.9. The minimum atomic E-state index is -1.55. The van der Waals surface area contributed by atoms with Crippen LogP contribution in [-0.4, -0.2) is 52.0 Å². The van der Waals surface area contributed by atoms with Gasteiger partial charge in [-0.15, -0.1) is 0 Å². The second-order valence-corrected chi connectivity index (χ2v) is 10.0. The number of para-hydroxylation sites is 1. The van der Waals surface area contributed by atoms with Crippen molar-refractivity contribution in [2.24, 2.45) is 5.73 Å². The van der Waals surface area contributed by atoms with Gasteiger partial charge in [0.1, 0.15) is 30.0 Å². The molecule has 4 amide bonds. The number of nitriles is 1. The van der Waals surface area contributed by atoms with Gasteiger partial charge in [-0.25, -0.2) is 4.79 Å². The Bertz CT molecular complexity index is 1460. The lowest BCUT2D eigenvalue weighted by atomic mass is 10.0. The van der Waals surface area contributed by atoms with Crippen molar-refractivity contribution in [1.82, 2.24) is 10.2 Å². The predicted octanol–water partition coefficient (Wildman–Crippen LogP) is 3.35. The molecule has 2 unspecified atom stereocenters. The molecule has 0 fully saturated rings. The summed E-state index contributed by atoms with van der Waals surface area (Å²) in [7, 11) is 0. The molecular formula is C29H31N5O6. The average molecular weight is 546 g/mol. The van der Waals surface area contributed by atoms with E-state index in [1.165, 1.54) is 18.2 Å². The second kappa shape index (κ2) is 12.6. The number of hydrogen-bond donors (Lipinski definition) is 4. The fraction of sp³-hybridized carbons (Fsp3) is 0.276. The number of ether oxygens (including phenoxy) is 1. The Morgan fingerprint density at radius 2 is 1.68 bits per heavy atom. The zero-order chi connectivity index (χ0) is 29.4. The number of carbonyl (C=O) groups is 4. The molecule has 11 heteroatoms. The van der Waals surface area contributed by atoms with Crippen LogP contribution in [0.4, 0.5) is 10.5 Å². The third kappa shape index (κ3) is 7.70. The van der Waals surface area contributed by atoms with Gasteiger partial charge in [0.25, 0.3) is 5.91 Å². The van der Waals surface area contributed by atoms with Crippen molar-refractivity contribution < 1.29 is 29.0 Å². The van der Waals surface area contributed by atoms with Crippen LogP contribution in [0.5, 0.6) is 5.75 Å². The van der Waals surface area contributed by atoms with Crippen molar-refractivity contribution >= 4 is 40.3 Å². The average Bonchev–Trinajstić information content (AvgIpc) is 2.87. The molecule has 0 spiro atoms. The van der Waals surface area contributed by atoms with E-state index in [9.17, 15) is 29.5 Å². The van der Waals surface area contributed by atoms with Crippen LogP contribution in [0, 0.1) is 11.3 Å². The Balaban J connectivity index is 2.02. The van der Waals surface area contributed by atoms with Crippen LogP contribution >= 0.6 is 0 Å². The van der Waals surface area contributed by atoms with E-state index >= 15 is 0 Å². The number of alkyl carbamates (subject to hydrolysis) is 1. The van der Waals surface area contributed by atoms with Gasteiger partial charge in [-0.3, -0.25) is 14.4 Å². The van der Waals surface area contributed by atoms with Crippen LogP contribution in [0.3, 0.4) is 0 Å². The maximum atomic E-state index is 13.8. The zero-order valence-corrected chi connectivity index (χ0v) is 22.4. The van der Waals surface area contributed by atoms with Gasteiger partial charge >= 0.3 is 6.09 Å². The van der Waals surface area contributed by atoms with E-state index in [0.717, 1.165) is 15.7 Å². The molecule has 0 aliphatic rings. The zero-order valence-electron chi connectivity index (χ0n) is 22.4. The van der Waals surface area contributed by atoms with E-state index in [-0.39, 0.29) is 11.3 Å². The molecule has 0 radical (unpaired) electrons. The molecule has 0 aliphatic heterocycles. The van der Waals surface area contributed by atoms with Gasteiger partial charge in [0.2, 0.25) is 11.8 Å². The number of aromatic hydroxyl groups is 1. The van der Waals surface area contributed by atoms with Crippen LogP contribution in [0.2, 0.25) is 0 Å². The minimum Gasteiger partial charge on any atom is -0.508 e. The van der Waals surface area contributed by atoms with Crippen molar-refractivity contribution in [3.8, 4) is 11.8 Å². The smallest absolute Gasteiger partial charge is 0.408 e. The number of amides is 4. The first-order valence-electron chi connectivity index (χ1n) is 12.4. The molecular weight excluding hydrogens is 514 g/mol. The summed E-state index contributed by atoms with van der Waals surface area (Å²) in [5.41, 5.74) is 4.87. The Kier molecular flexibility index (Phi) is 9.29. The molecule has 0 heterocycles. The van der Waals surface area contributed by atoms with Crippen LogP contribution in [0.25, 0.3) is 10.8 Å². The van der Waals surface area contributed by atoms with Gasteiger partial charge in [0, 0.05) is 11.3 Å². The highest BCUT2D eigenvalue weighted by Gasteiger charge is 2.38. The molecule has 3 aromatic rings. The number of nitrogens with two attached hydrogens (primary N) is 1. The first-order valence-corrected chi connectivity index (χ1v) is 12.4. The lowest BCUT2D eigenvalue weighted by Gasteiger charge is -2.32. The summed E-state index contributed by atoms with van der Waals surface area (Å²) in [6.45, 7) is 4.23. The maximum absolute atomic E-state index is 13.8. The number of nitrogens with one attached hydrogen (secondary N) is 2. The lowest BCUT2D eigenvalue weighted by molar-refractivity contribution is -0.141. The summed E-state index contributed by atoms with van der Waals surface area (Å²) in [5, 5.41) is 27.1. The maximum Gasteiger partial charge on any atom is 0.408 e. The molecule has 208 valence electrons. The van der Waals surface area contributed by atoms with Gasteiger partial charge in [-0.05, 0) is 49.7 Å². The van der Waals surface area contributed by atoms with Gasteiger partial charge in [0.05, 0.1) is 12.5 Å². The number of phenols is 1. The number of benzene rings is 3. The quantitative estimate of drug-likeness (QED) is 0.298. The minimum absolute atomic E-state index is 0.0273. The van der Waals surface area contributed by atoms with Gasteiger partial charge in [0.15, 0.2) is 0 Å². The van der Waals surface area contributed by atoms with Crippen molar-refractivity contribution in [2.75, 3.05) is 11.9 Å². The Labute approximate surface area is 231 Å². The van der Waals surface area contributed by atoms with Gasteiger partial charge < -0.3 is 31.1 Å². The second-order valence-electron chi connectivity index (χ2n) is 10.0. The topological polar surface area (TPSA) is 175 Å². The van der Waals surface area contributed by atoms with E-state index < -0.39 is 54.5 Å². The number of anilines is 1. The van der Waals surface area contributed by atoms with Crippen molar-refractivity contribution in [1.29, 1.82) is 5.26 Å². The molecule has 40 heavy (non-hydrogen) atoms. The lowest BCUT2D eigenvalue weighted by Crippen LogP contribution is -2.53. The van der Waals surface area contributed by atoms with E-state index in [2.05, 4.69) is 10.6 Å². The molecule has 3 rings (SSSR count). The third-order valence-corrected chi connectivity index (χ3v) is 5.73. The van der Waals surface area contributed by atoms with Crippen LogP contribution < -0.4 is 16.4 Å².